The molecule has 0 spiro atoms. The largest absolute Gasteiger partial charge is 0.496 e. The predicted octanol–water partition coefficient (Wildman–Crippen LogP) is 5.97. The second-order valence-electron chi connectivity index (χ2n) is 8.45. The molecule has 1 aromatic rings. The molecule has 1 aliphatic rings. The van der Waals surface area contributed by atoms with Crippen LogP contribution in [-0.2, 0) is 5.41 Å². The van der Waals surface area contributed by atoms with Crippen molar-refractivity contribution in [3.8, 4) is 11.5 Å². The Hall–Kier alpha value is -1.22. The van der Waals surface area contributed by atoms with E-state index < -0.39 is 0 Å². The lowest BCUT2D eigenvalue weighted by Gasteiger charge is -2.32. The molecule has 0 bridgehead atoms. The first-order valence-corrected chi connectivity index (χ1v) is 10.4. The van der Waals surface area contributed by atoms with Gasteiger partial charge in [0, 0.05) is 17.0 Å². The molecule has 0 radical (unpaired) electrons. The molecule has 1 N–H and O–H groups in total. The van der Waals surface area contributed by atoms with Gasteiger partial charge in [-0.2, -0.15) is 0 Å². The summed E-state index contributed by atoms with van der Waals surface area (Å²) in [6.07, 6.45) is 10.1. The summed E-state index contributed by atoms with van der Waals surface area (Å²) in [6, 6.07) is 4.29. The van der Waals surface area contributed by atoms with E-state index in [9.17, 15) is 5.11 Å². The fourth-order valence-corrected chi connectivity index (χ4v) is 4.34. The van der Waals surface area contributed by atoms with Crippen LogP contribution in [0.15, 0.2) is 12.1 Å². The van der Waals surface area contributed by atoms with Crippen molar-refractivity contribution in [2.45, 2.75) is 96.0 Å². The Morgan fingerprint density at radius 1 is 1.00 bits per heavy atom. The van der Waals surface area contributed by atoms with Gasteiger partial charge >= 0.3 is 0 Å². The summed E-state index contributed by atoms with van der Waals surface area (Å²) < 4.78 is 11.5. The molecule has 2 rings (SSSR count). The van der Waals surface area contributed by atoms with Gasteiger partial charge in [-0.3, -0.25) is 0 Å². The molecule has 2 atom stereocenters. The predicted molar refractivity (Wildman–Crippen MR) is 109 cm³/mol. The lowest BCUT2D eigenvalue weighted by atomic mass is 9.76. The maximum absolute atomic E-state index is 10.5. The van der Waals surface area contributed by atoms with E-state index in [-0.39, 0.29) is 17.4 Å². The number of unbranched alkanes of at least 4 members (excludes halogenated alkanes) is 3. The number of rotatable bonds is 9. The van der Waals surface area contributed by atoms with E-state index in [1.54, 1.807) is 14.2 Å². The monoisotopic (exact) mass is 362 g/mol. The molecule has 1 aromatic carbocycles. The van der Waals surface area contributed by atoms with Crippen LogP contribution in [0.4, 0.5) is 0 Å². The quantitative estimate of drug-likeness (QED) is 0.550. The molecule has 26 heavy (non-hydrogen) atoms. The van der Waals surface area contributed by atoms with E-state index >= 15 is 0 Å². The van der Waals surface area contributed by atoms with Crippen molar-refractivity contribution in [3.63, 3.8) is 0 Å². The highest BCUT2D eigenvalue weighted by molar-refractivity contribution is 5.51. The van der Waals surface area contributed by atoms with Crippen molar-refractivity contribution in [1.29, 1.82) is 0 Å². The van der Waals surface area contributed by atoms with E-state index in [2.05, 4.69) is 32.9 Å². The van der Waals surface area contributed by atoms with E-state index in [0.29, 0.717) is 0 Å². The Balaban J connectivity index is 2.32. The molecule has 3 heteroatoms. The van der Waals surface area contributed by atoms with Crippen LogP contribution in [0.1, 0.15) is 95.6 Å². The molecule has 0 heterocycles. The zero-order valence-corrected chi connectivity index (χ0v) is 17.4. The van der Waals surface area contributed by atoms with Crippen LogP contribution in [0.5, 0.6) is 11.5 Å². The molecule has 3 nitrogen and oxygen atoms in total. The van der Waals surface area contributed by atoms with Crippen LogP contribution in [-0.4, -0.2) is 25.4 Å². The van der Waals surface area contributed by atoms with E-state index in [1.807, 2.05) is 0 Å². The molecule has 2 unspecified atom stereocenters. The standard InChI is InChI=1S/C23H38O3/c1-6-7-8-11-14-23(2,3)19-16-21(25-4)18(15-22(19)26-5)17-12-9-10-13-20(17)24/h15-17,20,24H,6-14H2,1-5H3. The highest BCUT2D eigenvalue weighted by Crippen LogP contribution is 2.44. The van der Waals surface area contributed by atoms with Crippen molar-refractivity contribution in [3.05, 3.63) is 23.3 Å². The summed E-state index contributed by atoms with van der Waals surface area (Å²) in [7, 11) is 3.48. The summed E-state index contributed by atoms with van der Waals surface area (Å²) >= 11 is 0. The summed E-state index contributed by atoms with van der Waals surface area (Å²) in [6.45, 7) is 6.84. The van der Waals surface area contributed by atoms with Crippen molar-refractivity contribution in [1.82, 2.24) is 0 Å². The van der Waals surface area contributed by atoms with Gasteiger partial charge in [-0.25, -0.2) is 0 Å². The first kappa shape index (κ1) is 21.1. The Kier molecular flexibility index (Phi) is 7.82. The molecule has 1 aliphatic carbocycles. The fraction of sp³-hybridized carbons (Fsp3) is 0.739. The minimum Gasteiger partial charge on any atom is -0.496 e. The first-order chi connectivity index (χ1) is 12.4. The van der Waals surface area contributed by atoms with Gasteiger partial charge in [0.05, 0.1) is 20.3 Å². The number of ether oxygens (including phenoxy) is 2. The molecular weight excluding hydrogens is 324 g/mol. The highest BCUT2D eigenvalue weighted by atomic mass is 16.5. The van der Waals surface area contributed by atoms with Crippen molar-refractivity contribution in [2.24, 2.45) is 0 Å². The van der Waals surface area contributed by atoms with Gasteiger partial charge < -0.3 is 14.6 Å². The summed E-state index contributed by atoms with van der Waals surface area (Å²) in [5.41, 5.74) is 2.35. The maximum atomic E-state index is 10.5. The van der Waals surface area contributed by atoms with Crippen LogP contribution in [0.25, 0.3) is 0 Å². The summed E-state index contributed by atoms with van der Waals surface area (Å²) in [4.78, 5) is 0. The van der Waals surface area contributed by atoms with Crippen LogP contribution in [0.3, 0.4) is 0 Å². The third-order valence-corrected chi connectivity index (χ3v) is 6.07. The van der Waals surface area contributed by atoms with Gasteiger partial charge in [0.25, 0.3) is 0 Å². The van der Waals surface area contributed by atoms with Crippen molar-refractivity contribution < 1.29 is 14.6 Å². The topological polar surface area (TPSA) is 38.7 Å². The van der Waals surface area contributed by atoms with E-state index in [4.69, 9.17) is 9.47 Å². The second kappa shape index (κ2) is 9.64. The molecule has 1 fully saturated rings. The minimum atomic E-state index is -0.282. The molecule has 0 amide bonds. The molecule has 0 saturated heterocycles. The highest BCUT2D eigenvalue weighted by Gasteiger charge is 2.31. The smallest absolute Gasteiger partial charge is 0.123 e. The van der Waals surface area contributed by atoms with Gasteiger partial charge in [0.2, 0.25) is 0 Å². The first-order valence-electron chi connectivity index (χ1n) is 10.4. The Morgan fingerprint density at radius 3 is 2.31 bits per heavy atom. The lowest BCUT2D eigenvalue weighted by Crippen LogP contribution is -2.24. The average Bonchev–Trinajstić information content (AvgIpc) is 2.64. The summed E-state index contributed by atoms with van der Waals surface area (Å²) in [5, 5.41) is 10.5. The molecule has 0 aromatic heterocycles. The Morgan fingerprint density at radius 2 is 1.69 bits per heavy atom. The van der Waals surface area contributed by atoms with Gasteiger partial charge in [0.15, 0.2) is 0 Å². The van der Waals surface area contributed by atoms with Crippen LogP contribution < -0.4 is 9.47 Å². The Bertz CT molecular complexity index is 565. The lowest BCUT2D eigenvalue weighted by molar-refractivity contribution is 0.105. The van der Waals surface area contributed by atoms with Gasteiger partial charge in [-0.15, -0.1) is 0 Å². The number of hydrogen-bond acceptors (Lipinski definition) is 3. The maximum Gasteiger partial charge on any atom is 0.123 e. The van der Waals surface area contributed by atoms with Crippen LogP contribution in [0.2, 0.25) is 0 Å². The third kappa shape index (κ3) is 4.94. The van der Waals surface area contributed by atoms with Gasteiger partial charge in [-0.05, 0) is 36.8 Å². The molecule has 1 saturated carbocycles. The van der Waals surface area contributed by atoms with Crippen LogP contribution in [0, 0.1) is 0 Å². The number of aliphatic hydroxyl groups is 1. The van der Waals surface area contributed by atoms with Crippen LogP contribution >= 0.6 is 0 Å². The molecular formula is C23H38O3. The van der Waals surface area contributed by atoms with Gasteiger partial charge in [0.1, 0.15) is 11.5 Å². The molecule has 148 valence electrons. The third-order valence-electron chi connectivity index (χ3n) is 6.07. The molecule has 0 aliphatic heterocycles. The number of methoxy groups -OCH3 is 2. The van der Waals surface area contributed by atoms with E-state index in [0.717, 1.165) is 49.2 Å². The van der Waals surface area contributed by atoms with Crippen molar-refractivity contribution in [2.75, 3.05) is 14.2 Å². The fourth-order valence-electron chi connectivity index (χ4n) is 4.34. The normalized spacial score (nSPS) is 20.8. The van der Waals surface area contributed by atoms with Crippen molar-refractivity contribution >= 4 is 0 Å². The Labute approximate surface area is 160 Å². The number of benzene rings is 1. The minimum absolute atomic E-state index is 0.0378. The van der Waals surface area contributed by atoms with E-state index in [1.165, 1.54) is 31.2 Å². The number of hydrogen-bond donors (Lipinski definition) is 1. The number of aliphatic hydroxyl groups excluding tert-OH is 1. The average molecular weight is 363 g/mol. The summed E-state index contributed by atoms with van der Waals surface area (Å²) in [5.74, 6) is 1.97. The van der Waals surface area contributed by atoms with Gasteiger partial charge in [-0.1, -0.05) is 59.3 Å². The second-order valence-corrected chi connectivity index (χ2v) is 8.45. The zero-order chi connectivity index (χ0) is 19.2. The zero-order valence-electron chi connectivity index (χ0n) is 17.4. The SMILES string of the molecule is CCCCCCC(C)(C)c1cc(OC)c(C2CCCCC2O)cc1OC.